The molecule has 2 heterocycles. The summed E-state index contributed by atoms with van der Waals surface area (Å²) >= 11 is 0. The van der Waals surface area contributed by atoms with Crippen molar-refractivity contribution in [2.75, 3.05) is 0 Å². The summed E-state index contributed by atoms with van der Waals surface area (Å²) in [5.74, 6) is -1.12. The van der Waals surface area contributed by atoms with E-state index >= 15 is 0 Å². The van der Waals surface area contributed by atoms with Crippen LogP contribution in [0.3, 0.4) is 0 Å². The number of benzene rings is 1. The number of aromatic nitrogens is 1. The Balaban J connectivity index is 1.86. The second kappa shape index (κ2) is 9.42. The van der Waals surface area contributed by atoms with Crippen molar-refractivity contribution in [3.8, 4) is 0 Å². The number of hydrogen-bond acceptors (Lipinski definition) is 4. The van der Waals surface area contributed by atoms with E-state index in [1.807, 2.05) is 13.8 Å². The summed E-state index contributed by atoms with van der Waals surface area (Å²) < 4.78 is 20.3. The molecule has 8 heteroatoms. The highest BCUT2D eigenvalue weighted by Crippen LogP contribution is 2.14. The minimum absolute atomic E-state index is 0.0453. The number of nitrogens with zero attached hydrogens (tertiary/aromatic N) is 1. The van der Waals surface area contributed by atoms with E-state index in [0.29, 0.717) is 11.3 Å². The summed E-state index contributed by atoms with van der Waals surface area (Å²) in [6.45, 7) is 5.51. The van der Waals surface area contributed by atoms with Gasteiger partial charge in [-0.2, -0.15) is 0 Å². The molecule has 0 bridgehead atoms. The zero-order valence-electron chi connectivity index (χ0n) is 17.5. The topological polar surface area (TPSA) is 93.3 Å². The molecule has 0 fully saturated rings. The predicted octanol–water partition coefficient (Wildman–Crippen LogP) is 3.58. The van der Waals surface area contributed by atoms with Crippen LogP contribution in [0, 0.1) is 5.82 Å². The number of nitrogens with one attached hydrogen (secondary N) is 2. The number of pyridine rings is 1. The van der Waals surface area contributed by atoms with Gasteiger partial charge in [-0.25, -0.2) is 4.39 Å². The van der Waals surface area contributed by atoms with Crippen LogP contribution in [0.4, 0.5) is 4.39 Å². The third-order valence-electron chi connectivity index (χ3n) is 4.79. The van der Waals surface area contributed by atoms with E-state index in [0.717, 1.165) is 0 Å². The summed E-state index contributed by atoms with van der Waals surface area (Å²) in [4.78, 5) is 38.5. The Morgan fingerprint density at radius 1 is 1.06 bits per heavy atom. The number of amides is 2. The molecular formula is C23H24FN3O4. The number of halogens is 1. The average Bonchev–Trinajstić information content (AvgIpc) is 3.27. The fourth-order valence-corrected chi connectivity index (χ4v) is 3.03. The van der Waals surface area contributed by atoms with Gasteiger partial charge in [0.15, 0.2) is 0 Å². The Labute approximate surface area is 178 Å². The molecule has 0 saturated heterocycles. The summed E-state index contributed by atoms with van der Waals surface area (Å²) in [5, 5.41) is 5.33. The molecule has 0 spiro atoms. The van der Waals surface area contributed by atoms with Gasteiger partial charge in [0.05, 0.1) is 12.3 Å². The van der Waals surface area contributed by atoms with Crippen molar-refractivity contribution in [3.63, 3.8) is 0 Å². The first-order chi connectivity index (χ1) is 14.8. The molecule has 7 nitrogen and oxygen atoms in total. The van der Waals surface area contributed by atoms with Crippen LogP contribution >= 0.6 is 0 Å². The predicted molar refractivity (Wildman–Crippen MR) is 113 cm³/mol. The Kier molecular flexibility index (Phi) is 6.69. The van der Waals surface area contributed by atoms with Gasteiger partial charge in [-0.3, -0.25) is 14.4 Å². The molecule has 0 aliphatic rings. The zero-order valence-corrected chi connectivity index (χ0v) is 17.5. The highest BCUT2D eigenvalue weighted by Gasteiger charge is 2.22. The summed E-state index contributed by atoms with van der Waals surface area (Å²) in [6.07, 6.45) is 4.34. The summed E-state index contributed by atoms with van der Waals surface area (Å²) in [6, 6.07) is 8.67. The van der Waals surface area contributed by atoms with E-state index in [1.165, 1.54) is 36.9 Å². The molecule has 31 heavy (non-hydrogen) atoms. The Hall–Kier alpha value is -3.68. The standard InChI is InChI=1S/C23H24FN3O4/c1-14(2)27-12-18(22(29)25-11-16-6-4-7-17(24)10-16)21(28)19(13-27)23(30)26-15(3)20-8-5-9-31-20/h4-10,12-15H,11H2,1-3H3,(H,25,29)(H,26,30). The van der Waals surface area contributed by atoms with E-state index in [2.05, 4.69) is 10.6 Å². The molecule has 162 valence electrons. The van der Waals surface area contributed by atoms with Crippen molar-refractivity contribution in [2.45, 2.75) is 39.4 Å². The smallest absolute Gasteiger partial charge is 0.257 e. The second-order valence-corrected chi connectivity index (χ2v) is 7.48. The lowest BCUT2D eigenvalue weighted by molar-refractivity contribution is 0.0933. The zero-order chi connectivity index (χ0) is 22.5. The van der Waals surface area contributed by atoms with E-state index in [1.54, 1.807) is 29.7 Å². The van der Waals surface area contributed by atoms with Crippen LogP contribution < -0.4 is 16.1 Å². The van der Waals surface area contributed by atoms with Crippen molar-refractivity contribution in [1.82, 2.24) is 15.2 Å². The summed E-state index contributed by atoms with van der Waals surface area (Å²) in [7, 11) is 0. The maximum Gasteiger partial charge on any atom is 0.257 e. The van der Waals surface area contributed by atoms with Gasteiger partial charge in [0, 0.05) is 25.0 Å². The average molecular weight is 425 g/mol. The number of hydrogen-bond donors (Lipinski definition) is 2. The Morgan fingerprint density at radius 2 is 1.77 bits per heavy atom. The van der Waals surface area contributed by atoms with Gasteiger partial charge in [-0.15, -0.1) is 0 Å². The molecule has 0 saturated carbocycles. The quantitative estimate of drug-likeness (QED) is 0.605. The largest absolute Gasteiger partial charge is 0.467 e. The molecule has 3 rings (SSSR count). The fourth-order valence-electron chi connectivity index (χ4n) is 3.03. The first-order valence-electron chi connectivity index (χ1n) is 9.89. The number of carbonyl (C=O) groups excluding carboxylic acids is 2. The van der Waals surface area contributed by atoms with Gasteiger partial charge in [-0.05, 0) is 50.6 Å². The Morgan fingerprint density at radius 3 is 2.39 bits per heavy atom. The molecule has 2 N–H and O–H groups in total. The number of furan rings is 1. The van der Waals surface area contributed by atoms with Crippen LogP contribution in [0.1, 0.15) is 64.9 Å². The van der Waals surface area contributed by atoms with Crippen molar-refractivity contribution in [2.24, 2.45) is 0 Å². The molecule has 0 aliphatic carbocycles. The SMILES string of the molecule is CC(NC(=O)c1cn(C(C)C)cc(C(=O)NCc2cccc(F)c2)c1=O)c1ccco1. The van der Waals surface area contributed by atoms with Crippen LogP contribution in [0.15, 0.2) is 64.3 Å². The van der Waals surface area contributed by atoms with E-state index in [4.69, 9.17) is 4.42 Å². The molecular weight excluding hydrogens is 401 g/mol. The second-order valence-electron chi connectivity index (χ2n) is 7.48. The van der Waals surface area contributed by atoms with Crippen molar-refractivity contribution in [3.05, 3.63) is 93.5 Å². The molecule has 1 unspecified atom stereocenters. The lowest BCUT2D eigenvalue weighted by atomic mass is 10.1. The van der Waals surface area contributed by atoms with E-state index in [9.17, 15) is 18.8 Å². The number of carbonyl (C=O) groups is 2. The molecule has 2 aromatic heterocycles. The van der Waals surface area contributed by atoms with Gasteiger partial charge in [0.1, 0.15) is 22.7 Å². The lowest BCUT2D eigenvalue weighted by Crippen LogP contribution is -2.36. The van der Waals surface area contributed by atoms with E-state index < -0.39 is 29.1 Å². The third-order valence-corrected chi connectivity index (χ3v) is 4.79. The van der Waals surface area contributed by atoms with Gasteiger partial charge >= 0.3 is 0 Å². The van der Waals surface area contributed by atoms with Crippen molar-refractivity contribution in [1.29, 1.82) is 0 Å². The molecule has 1 aromatic carbocycles. The van der Waals surface area contributed by atoms with Crippen LogP contribution in [0.5, 0.6) is 0 Å². The van der Waals surface area contributed by atoms with Crippen molar-refractivity contribution < 1.29 is 18.4 Å². The molecule has 0 aliphatic heterocycles. The number of rotatable bonds is 7. The lowest BCUT2D eigenvalue weighted by Gasteiger charge is -2.16. The minimum Gasteiger partial charge on any atom is -0.467 e. The highest BCUT2D eigenvalue weighted by molar-refractivity contribution is 5.99. The molecule has 3 aromatic rings. The first kappa shape index (κ1) is 22.0. The van der Waals surface area contributed by atoms with Crippen LogP contribution in [0.2, 0.25) is 0 Å². The molecule has 0 radical (unpaired) electrons. The maximum absolute atomic E-state index is 13.4. The van der Waals surface area contributed by atoms with Crippen LogP contribution in [0.25, 0.3) is 0 Å². The van der Waals surface area contributed by atoms with Crippen LogP contribution in [-0.4, -0.2) is 16.4 Å². The minimum atomic E-state index is -0.683. The molecule has 2 amide bonds. The summed E-state index contributed by atoms with van der Waals surface area (Å²) in [5.41, 5.74) is -0.439. The van der Waals surface area contributed by atoms with Gasteiger partial charge in [0.25, 0.3) is 11.8 Å². The first-order valence-corrected chi connectivity index (χ1v) is 9.89. The maximum atomic E-state index is 13.4. The highest BCUT2D eigenvalue weighted by atomic mass is 19.1. The van der Waals surface area contributed by atoms with Gasteiger partial charge in [-0.1, -0.05) is 12.1 Å². The van der Waals surface area contributed by atoms with Gasteiger partial charge in [0.2, 0.25) is 5.43 Å². The normalized spacial score (nSPS) is 11.9. The Bertz CT molecular complexity index is 1140. The monoisotopic (exact) mass is 425 g/mol. The van der Waals surface area contributed by atoms with Crippen molar-refractivity contribution >= 4 is 11.8 Å². The van der Waals surface area contributed by atoms with Gasteiger partial charge < -0.3 is 19.6 Å². The fraction of sp³-hybridized carbons (Fsp3) is 0.261. The third kappa shape index (κ3) is 5.28. The van der Waals surface area contributed by atoms with Crippen LogP contribution in [-0.2, 0) is 6.54 Å². The molecule has 1 atom stereocenters. The van der Waals surface area contributed by atoms with E-state index in [-0.39, 0.29) is 23.7 Å².